The Kier molecular flexibility index (Phi) is 3.55. The number of aliphatic imine (C=N–C) groups is 1. The van der Waals surface area contributed by atoms with Crippen molar-refractivity contribution in [2.24, 2.45) is 4.99 Å². The minimum absolute atomic E-state index is 0.0203. The van der Waals surface area contributed by atoms with Gasteiger partial charge in [0.05, 0.1) is 24.0 Å². The number of hydrogen-bond donors (Lipinski definition) is 0. The third-order valence-corrected chi connectivity index (χ3v) is 3.38. The zero-order chi connectivity index (χ0) is 9.80. The molecule has 0 unspecified atom stereocenters. The molecule has 0 bridgehead atoms. The summed E-state index contributed by atoms with van der Waals surface area (Å²) < 4.78 is 5.26. The quantitative estimate of drug-likeness (QED) is 0.681. The topological polar surface area (TPSA) is 41.9 Å². The molecule has 0 spiro atoms. The number of carbonyl (C=O) groups excluding carboxylic acids is 1. The van der Waals surface area contributed by atoms with Crippen LogP contribution in [0.15, 0.2) is 4.99 Å². The molecule has 78 valence electrons. The maximum atomic E-state index is 10.9. The lowest BCUT2D eigenvalue weighted by Gasteiger charge is -2.26. The van der Waals surface area contributed by atoms with Crippen LogP contribution in [0.3, 0.4) is 0 Å². The maximum absolute atomic E-state index is 10.9. The van der Waals surface area contributed by atoms with Crippen LogP contribution in [0.4, 0.5) is 0 Å². The summed E-state index contributed by atoms with van der Waals surface area (Å²) in [6.07, 6.45) is 0.913. The predicted octanol–water partition coefficient (Wildman–Crippen LogP) is 0.381. The van der Waals surface area contributed by atoms with E-state index in [2.05, 4.69) is 9.89 Å². The van der Waals surface area contributed by atoms with Gasteiger partial charge >= 0.3 is 0 Å². The normalized spacial score (nSPS) is 24.0. The second kappa shape index (κ2) is 4.91. The molecule has 2 aliphatic rings. The molecule has 5 heteroatoms. The first-order chi connectivity index (χ1) is 6.84. The molecular formula is C9H14N2O2S. The second-order valence-corrected chi connectivity index (χ2v) is 4.44. The highest BCUT2D eigenvalue weighted by atomic mass is 32.2. The molecule has 0 aromatic heterocycles. The Morgan fingerprint density at radius 1 is 1.43 bits per heavy atom. The molecule has 0 aliphatic carbocycles. The Balaban J connectivity index is 1.71. The van der Waals surface area contributed by atoms with Crippen molar-refractivity contribution in [2.75, 3.05) is 38.6 Å². The number of thioether (sulfide) groups is 1. The number of ether oxygens (including phenoxy) is 1. The average Bonchev–Trinajstić information content (AvgIpc) is 2.63. The number of hydrogen-bond acceptors (Lipinski definition) is 4. The fourth-order valence-corrected chi connectivity index (χ4v) is 2.31. The van der Waals surface area contributed by atoms with E-state index >= 15 is 0 Å². The van der Waals surface area contributed by atoms with Gasteiger partial charge in [-0.05, 0) is 0 Å². The summed E-state index contributed by atoms with van der Waals surface area (Å²) in [4.78, 5) is 17.2. The van der Waals surface area contributed by atoms with E-state index in [0.29, 0.717) is 5.75 Å². The molecule has 2 aliphatic heterocycles. The monoisotopic (exact) mass is 214 g/mol. The van der Waals surface area contributed by atoms with Crippen LogP contribution in [-0.4, -0.2) is 54.5 Å². The first-order valence-electron chi connectivity index (χ1n) is 4.88. The summed E-state index contributed by atoms with van der Waals surface area (Å²) in [6, 6.07) is 0. The molecule has 14 heavy (non-hydrogen) atoms. The average molecular weight is 214 g/mol. The third kappa shape index (κ3) is 2.80. The van der Waals surface area contributed by atoms with E-state index in [4.69, 9.17) is 4.74 Å². The highest BCUT2D eigenvalue weighted by molar-refractivity contribution is 8.15. The first kappa shape index (κ1) is 10.1. The molecule has 0 saturated carbocycles. The summed E-state index contributed by atoms with van der Waals surface area (Å²) in [5.41, 5.74) is 0. The number of amides is 1. The fourth-order valence-electron chi connectivity index (χ4n) is 1.56. The molecular weight excluding hydrogens is 200 g/mol. The summed E-state index contributed by atoms with van der Waals surface area (Å²) in [7, 11) is 0. The van der Waals surface area contributed by atoms with Crippen LogP contribution in [0.5, 0.6) is 0 Å². The molecule has 1 fully saturated rings. The lowest BCUT2D eigenvalue weighted by atomic mass is 10.3. The highest BCUT2D eigenvalue weighted by Crippen LogP contribution is 2.16. The van der Waals surface area contributed by atoms with E-state index in [1.807, 2.05) is 0 Å². The second-order valence-electron chi connectivity index (χ2n) is 3.39. The van der Waals surface area contributed by atoms with E-state index in [1.54, 1.807) is 11.8 Å². The lowest BCUT2D eigenvalue weighted by molar-refractivity contribution is -0.115. The molecule has 0 N–H and O–H groups in total. The molecule has 1 amide bonds. The maximum Gasteiger partial charge on any atom is 0.256 e. The molecule has 0 aromatic carbocycles. The van der Waals surface area contributed by atoms with E-state index in [1.165, 1.54) is 0 Å². The minimum Gasteiger partial charge on any atom is -0.379 e. The van der Waals surface area contributed by atoms with Gasteiger partial charge in [0, 0.05) is 26.1 Å². The van der Waals surface area contributed by atoms with E-state index in [9.17, 15) is 4.79 Å². The van der Waals surface area contributed by atoms with Gasteiger partial charge in [-0.3, -0.25) is 9.69 Å². The van der Waals surface area contributed by atoms with Crippen LogP contribution in [-0.2, 0) is 9.53 Å². The van der Waals surface area contributed by atoms with E-state index < -0.39 is 0 Å². The number of morpholine rings is 1. The lowest BCUT2D eigenvalue weighted by Crippen LogP contribution is -2.37. The van der Waals surface area contributed by atoms with Crippen LogP contribution in [0.25, 0.3) is 0 Å². The Morgan fingerprint density at radius 2 is 2.21 bits per heavy atom. The zero-order valence-electron chi connectivity index (χ0n) is 8.07. The van der Waals surface area contributed by atoms with E-state index in [0.717, 1.165) is 44.3 Å². The van der Waals surface area contributed by atoms with Crippen molar-refractivity contribution in [3.8, 4) is 0 Å². The van der Waals surface area contributed by atoms with Gasteiger partial charge in [-0.2, -0.15) is 0 Å². The number of rotatable bonds is 3. The molecule has 4 nitrogen and oxygen atoms in total. The zero-order valence-corrected chi connectivity index (χ0v) is 8.89. The first-order valence-corrected chi connectivity index (χ1v) is 5.86. The largest absolute Gasteiger partial charge is 0.379 e. The Bertz CT molecular complexity index is 249. The van der Waals surface area contributed by atoms with Gasteiger partial charge in [0.1, 0.15) is 0 Å². The minimum atomic E-state index is 0.0203. The summed E-state index contributed by atoms with van der Waals surface area (Å²) in [5, 5.41) is 1.00. The Morgan fingerprint density at radius 3 is 2.86 bits per heavy atom. The SMILES string of the molecule is O=C1CSC(CCN2CCOCC2)=N1. The molecule has 0 atom stereocenters. The predicted molar refractivity (Wildman–Crippen MR) is 56.8 cm³/mol. The van der Waals surface area contributed by atoms with Gasteiger partial charge < -0.3 is 4.74 Å². The van der Waals surface area contributed by atoms with Gasteiger partial charge in [-0.1, -0.05) is 0 Å². The van der Waals surface area contributed by atoms with Gasteiger partial charge in [0.25, 0.3) is 5.91 Å². The van der Waals surface area contributed by atoms with Crippen molar-refractivity contribution in [1.29, 1.82) is 0 Å². The fraction of sp³-hybridized carbons (Fsp3) is 0.778. The van der Waals surface area contributed by atoms with Gasteiger partial charge in [0.2, 0.25) is 0 Å². The van der Waals surface area contributed by atoms with Crippen molar-refractivity contribution >= 4 is 22.7 Å². The van der Waals surface area contributed by atoms with Crippen LogP contribution >= 0.6 is 11.8 Å². The molecule has 2 heterocycles. The van der Waals surface area contributed by atoms with Gasteiger partial charge in [0.15, 0.2) is 0 Å². The summed E-state index contributed by atoms with van der Waals surface area (Å²) in [6.45, 7) is 4.68. The van der Waals surface area contributed by atoms with Gasteiger partial charge in [-0.25, -0.2) is 4.99 Å². The summed E-state index contributed by atoms with van der Waals surface area (Å²) >= 11 is 1.58. The third-order valence-electron chi connectivity index (χ3n) is 2.36. The van der Waals surface area contributed by atoms with E-state index in [-0.39, 0.29) is 5.91 Å². The summed E-state index contributed by atoms with van der Waals surface area (Å²) in [5.74, 6) is 0.560. The highest BCUT2D eigenvalue weighted by Gasteiger charge is 2.16. The van der Waals surface area contributed by atoms with Crippen LogP contribution in [0.1, 0.15) is 6.42 Å². The van der Waals surface area contributed by atoms with Crippen molar-refractivity contribution in [1.82, 2.24) is 4.90 Å². The molecule has 2 rings (SSSR count). The number of carbonyl (C=O) groups is 1. The Labute approximate surface area is 87.7 Å². The van der Waals surface area contributed by atoms with Crippen molar-refractivity contribution in [3.05, 3.63) is 0 Å². The van der Waals surface area contributed by atoms with Crippen molar-refractivity contribution < 1.29 is 9.53 Å². The Hall–Kier alpha value is -0.390. The van der Waals surface area contributed by atoms with Gasteiger partial charge in [-0.15, -0.1) is 11.8 Å². The van der Waals surface area contributed by atoms with Crippen LogP contribution in [0, 0.1) is 0 Å². The standard InChI is InChI=1S/C9H14N2O2S/c12-8-7-14-9(10-8)1-2-11-3-5-13-6-4-11/h1-7H2. The van der Waals surface area contributed by atoms with Crippen LogP contribution < -0.4 is 0 Å². The molecule has 1 saturated heterocycles. The molecule has 0 aromatic rings. The van der Waals surface area contributed by atoms with Crippen molar-refractivity contribution in [2.45, 2.75) is 6.42 Å². The smallest absolute Gasteiger partial charge is 0.256 e. The van der Waals surface area contributed by atoms with Crippen molar-refractivity contribution in [3.63, 3.8) is 0 Å². The van der Waals surface area contributed by atoms with Crippen LogP contribution in [0.2, 0.25) is 0 Å². The molecule has 0 radical (unpaired) electrons. The number of nitrogens with zero attached hydrogens (tertiary/aromatic N) is 2.